The molecule has 1 atom stereocenters. The molecule has 4 heteroatoms. The number of methoxy groups -OCH3 is 1. The summed E-state index contributed by atoms with van der Waals surface area (Å²) in [4.78, 5) is 14.0. The largest absolute Gasteiger partial charge is 0.469 e. The Labute approximate surface area is 91.0 Å². The van der Waals surface area contributed by atoms with Crippen molar-refractivity contribution < 1.29 is 9.53 Å². The predicted molar refractivity (Wildman–Crippen MR) is 57.5 cm³/mol. The number of nitrogens with zero attached hydrogens (tertiary/aromatic N) is 1. The average Bonchev–Trinajstić information content (AvgIpc) is 3.10. The molecule has 0 aromatic heterocycles. The van der Waals surface area contributed by atoms with Gasteiger partial charge in [0.05, 0.1) is 13.0 Å². The van der Waals surface area contributed by atoms with Gasteiger partial charge in [0.2, 0.25) is 0 Å². The number of hydrogen-bond donors (Lipinski definition) is 1. The van der Waals surface area contributed by atoms with Gasteiger partial charge in [0, 0.05) is 32.7 Å². The maximum absolute atomic E-state index is 11.6. The summed E-state index contributed by atoms with van der Waals surface area (Å²) in [5.74, 6) is 0.691. The van der Waals surface area contributed by atoms with Crippen LogP contribution in [-0.2, 0) is 9.53 Å². The lowest BCUT2D eigenvalue weighted by atomic mass is 10.0. The molecule has 1 saturated heterocycles. The summed E-state index contributed by atoms with van der Waals surface area (Å²) >= 11 is 0. The van der Waals surface area contributed by atoms with Crippen molar-refractivity contribution in [1.29, 1.82) is 0 Å². The SMILES string of the molecule is COC(=O)C(CN1CCNCC1)C1CC1. The molecule has 4 nitrogen and oxygen atoms in total. The molecule has 1 aliphatic carbocycles. The highest BCUT2D eigenvalue weighted by Crippen LogP contribution is 2.37. The standard InChI is InChI=1S/C11H20N2O2/c1-15-11(14)10(9-2-3-9)8-13-6-4-12-5-7-13/h9-10,12H,2-8H2,1H3. The van der Waals surface area contributed by atoms with E-state index in [2.05, 4.69) is 10.2 Å². The van der Waals surface area contributed by atoms with Gasteiger partial charge in [-0.3, -0.25) is 9.69 Å². The van der Waals surface area contributed by atoms with E-state index in [1.807, 2.05) is 0 Å². The van der Waals surface area contributed by atoms with Gasteiger partial charge in [-0.1, -0.05) is 0 Å². The predicted octanol–water partition coefficient (Wildman–Crippen LogP) is 0.0908. The van der Waals surface area contributed by atoms with Crippen molar-refractivity contribution in [2.75, 3.05) is 39.8 Å². The highest BCUT2D eigenvalue weighted by Gasteiger charge is 2.37. The third-order valence-corrected chi connectivity index (χ3v) is 3.36. The Morgan fingerprint density at radius 2 is 2.13 bits per heavy atom. The molecule has 2 aliphatic rings. The summed E-state index contributed by atoms with van der Waals surface area (Å²) in [6.07, 6.45) is 2.40. The minimum Gasteiger partial charge on any atom is -0.469 e. The first-order chi connectivity index (χ1) is 7.31. The second kappa shape index (κ2) is 4.94. The number of hydrogen-bond acceptors (Lipinski definition) is 4. The fraction of sp³-hybridized carbons (Fsp3) is 0.909. The van der Waals surface area contributed by atoms with Gasteiger partial charge in [-0.2, -0.15) is 0 Å². The molecule has 1 saturated carbocycles. The van der Waals surface area contributed by atoms with Gasteiger partial charge in [-0.25, -0.2) is 0 Å². The lowest BCUT2D eigenvalue weighted by Crippen LogP contribution is -2.46. The molecule has 0 aromatic rings. The number of ether oxygens (including phenoxy) is 1. The fourth-order valence-electron chi connectivity index (χ4n) is 2.24. The van der Waals surface area contributed by atoms with Crippen LogP contribution in [0.1, 0.15) is 12.8 Å². The summed E-state index contributed by atoms with van der Waals surface area (Å²) in [6.45, 7) is 5.08. The summed E-state index contributed by atoms with van der Waals surface area (Å²) in [6, 6.07) is 0. The zero-order valence-electron chi connectivity index (χ0n) is 9.37. The second-order valence-corrected chi connectivity index (χ2v) is 4.52. The first-order valence-corrected chi connectivity index (χ1v) is 5.82. The van der Waals surface area contributed by atoms with Gasteiger partial charge in [-0.15, -0.1) is 0 Å². The van der Waals surface area contributed by atoms with E-state index < -0.39 is 0 Å². The third kappa shape index (κ3) is 2.92. The topological polar surface area (TPSA) is 41.6 Å². The lowest BCUT2D eigenvalue weighted by molar-refractivity contribution is -0.147. The van der Waals surface area contributed by atoms with Gasteiger partial charge in [-0.05, 0) is 18.8 Å². The molecule has 0 radical (unpaired) electrons. The minimum absolute atomic E-state index is 0.0176. The van der Waals surface area contributed by atoms with E-state index in [4.69, 9.17) is 4.74 Å². The number of carbonyl (C=O) groups is 1. The molecule has 2 rings (SSSR count). The van der Waals surface area contributed by atoms with Gasteiger partial charge < -0.3 is 10.1 Å². The summed E-state index contributed by atoms with van der Waals surface area (Å²) in [5.41, 5.74) is 0. The number of piperazine rings is 1. The van der Waals surface area contributed by atoms with Crippen LogP contribution in [0.25, 0.3) is 0 Å². The van der Waals surface area contributed by atoms with Crippen molar-refractivity contribution in [2.24, 2.45) is 11.8 Å². The molecule has 1 heterocycles. The molecule has 0 amide bonds. The van der Waals surface area contributed by atoms with Crippen LogP contribution in [0, 0.1) is 11.8 Å². The molecule has 2 fully saturated rings. The van der Waals surface area contributed by atoms with Crippen LogP contribution in [0.3, 0.4) is 0 Å². The van der Waals surface area contributed by atoms with E-state index in [1.165, 1.54) is 20.0 Å². The van der Waals surface area contributed by atoms with Crippen LogP contribution in [0.4, 0.5) is 0 Å². The van der Waals surface area contributed by atoms with Gasteiger partial charge in [0.15, 0.2) is 0 Å². The Bertz CT molecular complexity index is 223. The van der Waals surface area contributed by atoms with Crippen molar-refractivity contribution in [3.8, 4) is 0 Å². The van der Waals surface area contributed by atoms with E-state index in [-0.39, 0.29) is 11.9 Å². The minimum atomic E-state index is -0.0176. The molecule has 1 N–H and O–H groups in total. The highest BCUT2D eigenvalue weighted by molar-refractivity contribution is 5.73. The van der Waals surface area contributed by atoms with E-state index in [0.717, 1.165) is 32.7 Å². The molecule has 0 spiro atoms. The maximum atomic E-state index is 11.6. The first kappa shape index (κ1) is 10.9. The monoisotopic (exact) mass is 212 g/mol. The lowest BCUT2D eigenvalue weighted by Gasteiger charge is -2.29. The molecule has 0 bridgehead atoms. The van der Waals surface area contributed by atoms with Crippen molar-refractivity contribution in [1.82, 2.24) is 10.2 Å². The zero-order valence-corrected chi connectivity index (χ0v) is 9.37. The van der Waals surface area contributed by atoms with E-state index >= 15 is 0 Å². The van der Waals surface area contributed by atoms with Crippen LogP contribution in [0.5, 0.6) is 0 Å². The van der Waals surface area contributed by atoms with Crippen molar-refractivity contribution >= 4 is 5.97 Å². The molecular weight excluding hydrogens is 192 g/mol. The highest BCUT2D eigenvalue weighted by atomic mass is 16.5. The van der Waals surface area contributed by atoms with Crippen molar-refractivity contribution in [3.05, 3.63) is 0 Å². The van der Waals surface area contributed by atoms with Crippen molar-refractivity contribution in [3.63, 3.8) is 0 Å². The van der Waals surface area contributed by atoms with Crippen LogP contribution in [-0.4, -0.2) is 50.7 Å². The number of nitrogens with one attached hydrogen (secondary N) is 1. The molecule has 86 valence electrons. The third-order valence-electron chi connectivity index (χ3n) is 3.36. The molecular formula is C11H20N2O2. The van der Waals surface area contributed by atoms with E-state index in [9.17, 15) is 4.79 Å². The molecule has 0 aromatic carbocycles. The second-order valence-electron chi connectivity index (χ2n) is 4.52. The van der Waals surface area contributed by atoms with Crippen LogP contribution < -0.4 is 5.32 Å². The number of esters is 1. The summed E-state index contributed by atoms with van der Waals surface area (Å²) in [7, 11) is 1.50. The first-order valence-electron chi connectivity index (χ1n) is 5.82. The Balaban J connectivity index is 1.84. The number of carbonyl (C=O) groups excluding carboxylic acids is 1. The quantitative estimate of drug-likeness (QED) is 0.671. The van der Waals surface area contributed by atoms with E-state index in [0.29, 0.717) is 5.92 Å². The van der Waals surface area contributed by atoms with Gasteiger partial charge in [0.25, 0.3) is 0 Å². The Morgan fingerprint density at radius 1 is 1.47 bits per heavy atom. The van der Waals surface area contributed by atoms with Crippen LogP contribution >= 0.6 is 0 Å². The normalized spacial score (nSPS) is 24.9. The van der Waals surface area contributed by atoms with Gasteiger partial charge >= 0.3 is 5.97 Å². The molecule has 1 aliphatic heterocycles. The Hall–Kier alpha value is -0.610. The smallest absolute Gasteiger partial charge is 0.310 e. The molecule has 15 heavy (non-hydrogen) atoms. The average molecular weight is 212 g/mol. The van der Waals surface area contributed by atoms with E-state index in [1.54, 1.807) is 0 Å². The summed E-state index contributed by atoms with van der Waals surface area (Å²) in [5, 5.41) is 3.32. The molecule has 1 unspecified atom stereocenters. The Morgan fingerprint density at radius 3 is 2.67 bits per heavy atom. The number of rotatable bonds is 4. The summed E-state index contributed by atoms with van der Waals surface area (Å²) < 4.78 is 4.87. The maximum Gasteiger partial charge on any atom is 0.310 e. The zero-order chi connectivity index (χ0) is 10.7. The van der Waals surface area contributed by atoms with Crippen molar-refractivity contribution in [2.45, 2.75) is 12.8 Å². The van der Waals surface area contributed by atoms with Crippen LogP contribution in [0.2, 0.25) is 0 Å². The van der Waals surface area contributed by atoms with Gasteiger partial charge in [0.1, 0.15) is 0 Å². The Kier molecular flexibility index (Phi) is 3.59. The fourth-order valence-corrected chi connectivity index (χ4v) is 2.24. The van der Waals surface area contributed by atoms with Crippen LogP contribution in [0.15, 0.2) is 0 Å².